The number of carbonyl (C=O) groups is 2. The number of aliphatic carboxylic acids is 1. The minimum atomic E-state index is -0.739. The number of alkyl carbamates (subject to hydrolysis) is 1. The van der Waals surface area contributed by atoms with Crippen molar-refractivity contribution in [3.8, 4) is 11.8 Å². The summed E-state index contributed by atoms with van der Waals surface area (Å²) in [7, 11) is 0. The molecule has 1 fully saturated rings. The van der Waals surface area contributed by atoms with Crippen LogP contribution < -0.4 is 10.2 Å². The average Bonchev–Trinajstić information content (AvgIpc) is 2.65. The molecule has 0 saturated carbocycles. The van der Waals surface area contributed by atoms with Crippen molar-refractivity contribution in [3.63, 3.8) is 0 Å². The van der Waals surface area contributed by atoms with E-state index in [-0.39, 0.29) is 13.0 Å². The van der Waals surface area contributed by atoms with E-state index in [4.69, 9.17) is 9.84 Å². The first-order chi connectivity index (χ1) is 13.7. The van der Waals surface area contributed by atoms with Gasteiger partial charge in [0, 0.05) is 44.4 Å². The molecule has 1 aliphatic heterocycles. The molecule has 0 aromatic carbocycles. The molecule has 0 unspecified atom stereocenters. The van der Waals surface area contributed by atoms with Crippen LogP contribution in [0.15, 0.2) is 18.3 Å². The van der Waals surface area contributed by atoms with Crippen LogP contribution in [-0.2, 0) is 9.53 Å². The van der Waals surface area contributed by atoms with Gasteiger partial charge in [0.15, 0.2) is 0 Å². The summed E-state index contributed by atoms with van der Waals surface area (Å²) < 4.78 is 5.15. The quantitative estimate of drug-likeness (QED) is 0.702. The Bertz CT molecular complexity index is 739. The van der Waals surface area contributed by atoms with Gasteiger partial charge in [-0.25, -0.2) is 9.78 Å². The lowest BCUT2D eigenvalue weighted by Crippen LogP contribution is -2.47. The van der Waals surface area contributed by atoms with Crippen LogP contribution in [0.4, 0.5) is 10.6 Å². The van der Waals surface area contributed by atoms with Gasteiger partial charge in [-0.15, -0.1) is 0 Å². The summed E-state index contributed by atoms with van der Waals surface area (Å²) in [6.45, 7) is 9.99. The number of piperazine rings is 1. The number of aromatic nitrogens is 1. The third-order valence-electron chi connectivity index (χ3n) is 4.26. The number of carboxylic acid groups (broad SMARTS) is 1. The van der Waals surface area contributed by atoms with Gasteiger partial charge < -0.3 is 20.1 Å². The molecule has 8 nitrogen and oxygen atoms in total. The standard InChI is InChI=1S/C21H30N4O4/c1-21(2,3)29-20(28)22-10-4-6-17-8-9-18(23-16-17)25-14-12-24(13-15-25)11-5-7-19(26)27/h8-9,16H,5,7,10-15H2,1-3H3,(H,22,28)(H,26,27). The number of nitrogens with one attached hydrogen (secondary N) is 1. The molecule has 1 aromatic heterocycles. The van der Waals surface area contributed by atoms with E-state index in [2.05, 4.69) is 31.9 Å². The van der Waals surface area contributed by atoms with Crippen LogP contribution in [-0.4, -0.2) is 71.9 Å². The highest BCUT2D eigenvalue weighted by atomic mass is 16.6. The molecule has 1 aliphatic rings. The van der Waals surface area contributed by atoms with Gasteiger partial charge in [0.1, 0.15) is 11.4 Å². The molecule has 0 radical (unpaired) electrons. The van der Waals surface area contributed by atoms with Crippen molar-refractivity contribution >= 4 is 17.9 Å². The second-order valence-corrected chi connectivity index (χ2v) is 7.89. The summed E-state index contributed by atoms with van der Waals surface area (Å²) in [5.41, 5.74) is 0.258. The van der Waals surface area contributed by atoms with Crippen LogP contribution in [0.25, 0.3) is 0 Å². The van der Waals surface area contributed by atoms with Gasteiger partial charge in [-0.1, -0.05) is 11.8 Å². The van der Waals surface area contributed by atoms with E-state index in [0.717, 1.165) is 44.1 Å². The van der Waals surface area contributed by atoms with E-state index in [1.807, 2.05) is 32.9 Å². The van der Waals surface area contributed by atoms with Gasteiger partial charge in [0.2, 0.25) is 0 Å². The Kier molecular flexibility index (Phi) is 8.28. The molecular formula is C21H30N4O4. The van der Waals surface area contributed by atoms with Gasteiger partial charge in [0.25, 0.3) is 0 Å². The van der Waals surface area contributed by atoms with Gasteiger partial charge >= 0.3 is 12.1 Å². The molecule has 1 saturated heterocycles. The Labute approximate surface area is 172 Å². The molecular weight excluding hydrogens is 372 g/mol. The Balaban J connectivity index is 1.74. The first kappa shape index (κ1) is 22.5. The molecule has 0 aliphatic carbocycles. The van der Waals surface area contributed by atoms with Gasteiger partial charge in [-0.2, -0.15) is 0 Å². The Morgan fingerprint density at radius 1 is 1.24 bits per heavy atom. The maximum absolute atomic E-state index is 11.6. The molecule has 1 amide bonds. The third-order valence-corrected chi connectivity index (χ3v) is 4.26. The smallest absolute Gasteiger partial charge is 0.408 e. The van der Waals surface area contributed by atoms with Crippen LogP contribution in [0.3, 0.4) is 0 Å². The van der Waals surface area contributed by atoms with Crippen molar-refractivity contribution in [3.05, 3.63) is 23.9 Å². The maximum Gasteiger partial charge on any atom is 0.408 e. The molecule has 0 spiro atoms. The Morgan fingerprint density at radius 3 is 2.55 bits per heavy atom. The monoisotopic (exact) mass is 402 g/mol. The molecule has 8 heteroatoms. The molecule has 29 heavy (non-hydrogen) atoms. The lowest BCUT2D eigenvalue weighted by atomic mass is 10.2. The number of carboxylic acids is 1. The normalized spacial score (nSPS) is 14.7. The van der Waals surface area contributed by atoms with E-state index in [9.17, 15) is 9.59 Å². The van der Waals surface area contributed by atoms with E-state index < -0.39 is 17.7 Å². The SMILES string of the molecule is CC(C)(C)OC(=O)NCC#Cc1ccc(N2CCN(CCCC(=O)O)CC2)nc1. The number of hydrogen-bond acceptors (Lipinski definition) is 6. The van der Waals surface area contributed by atoms with E-state index in [1.165, 1.54) is 0 Å². The van der Waals surface area contributed by atoms with Crippen LogP contribution in [0.5, 0.6) is 0 Å². The highest BCUT2D eigenvalue weighted by Gasteiger charge is 2.18. The van der Waals surface area contributed by atoms with Crippen molar-refractivity contribution in [1.82, 2.24) is 15.2 Å². The fourth-order valence-corrected chi connectivity index (χ4v) is 2.88. The highest BCUT2D eigenvalue weighted by molar-refractivity contribution is 5.68. The minimum absolute atomic E-state index is 0.209. The first-order valence-corrected chi connectivity index (χ1v) is 9.84. The Hall–Kier alpha value is -2.79. The number of amides is 1. The number of ether oxygens (including phenoxy) is 1. The van der Waals surface area contributed by atoms with Crippen molar-refractivity contribution in [2.75, 3.05) is 44.2 Å². The predicted molar refractivity (Wildman–Crippen MR) is 111 cm³/mol. The van der Waals surface area contributed by atoms with Crippen molar-refractivity contribution < 1.29 is 19.4 Å². The van der Waals surface area contributed by atoms with Crippen molar-refractivity contribution in [2.24, 2.45) is 0 Å². The van der Waals surface area contributed by atoms with Crippen LogP contribution in [0, 0.1) is 11.8 Å². The van der Waals surface area contributed by atoms with Crippen molar-refractivity contribution in [2.45, 2.75) is 39.2 Å². The molecule has 1 aromatic rings. The van der Waals surface area contributed by atoms with Gasteiger partial charge in [-0.3, -0.25) is 9.69 Å². The topological polar surface area (TPSA) is 95.0 Å². The molecule has 0 bridgehead atoms. The number of pyridine rings is 1. The zero-order valence-electron chi connectivity index (χ0n) is 17.4. The summed E-state index contributed by atoms with van der Waals surface area (Å²) in [5.74, 6) is 6.03. The largest absolute Gasteiger partial charge is 0.481 e. The van der Waals surface area contributed by atoms with Crippen LogP contribution in [0.2, 0.25) is 0 Å². The second kappa shape index (κ2) is 10.7. The molecule has 158 valence electrons. The highest BCUT2D eigenvalue weighted by Crippen LogP contribution is 2.14. The summed E-state index contributed by atoms with van der Waals surface area (Å²) in [6, 6.07) is 3.87. The number of nitrogens with zero attached hydrogens (tertiary/aromatic N) is 3. The zero-order chi connectivity index (χ0) is 21.3. The molecule has 2 N–H and O–H groups in total. The Morgan fingerprint density at radius 2 is 1.97 bits per heavy atom. The molecule has 2 rings (SSSR count). The molecule has 0 atom stereocenters. The summed E-state index contributed by atoms with van der Waals surface area (Å²) in [5, 5.41) is 11.3. The van der Waals surface area contributed by atoms with Crippen LogP contribution >= 0.6 is 0 Å². The third kappa shape index (κ3) is 8.83. The van der Waals surface area contributed by atoms with Gasteiger partial charge in [0.05, 0.1) is 6.54 Å². The first-order valence-electron chi connectivity index (χ1n) is 9.84. The van der Waals surface area contributed by atoms with E-state index >= 15 is 0 Å². The van der Waals surface area contributed by atoms with Gasteiger partial charge in [-0.05, 0) is 45.9 Å². The summed E-state index contributed by atoms with van der Waals surface area (Å²) in [6.07, 6.45) is 2.15. The number of anilines is 1. The van der Waals surface area contributed by atoms with E-state index in [0.29, 0.717) is 6.42 Å². The lowest BCUT2D eigenvalue weighted by molar-refractivity contribution is -0.137. The fourth-order valence-electron chi connectivity index (χ4n) is 2.88. The van der Waals surface area contributed by atoms with E-state index in [1.54, 1.807) is 6.20 Å². The lowest BCUT2D eigenvalue weighted by Gasteiger charge is -2.35. The number of rotatable bonds is 6. The number of carbonyl (C=O) groups excluding carboxylic acids is 1. The second-order valence-electron chi connectivity index (χ2n) is 7.89. The maximum atomic E-state index is 11.6. The zero-order valence-corrected chi connectivity index (χ0v) is 17.4. The summed E-state index contributed by atoms with van der Waals surface area (Å²) in [4.78, 5) is 31.1. The van der Waals surface area contributed by atoms with Crippen LogP contribution in [0.1, 0.15) is 39.2 Å². The average molecular weight is 402 g/mol. The molecule has 2 heterocycles. The fraction of sp³-hybridized carbons (Fsp3) is 0.571. The van der Waals surface area contributed by atoms with Crippen molar-refractivity contribution in [1.29, 1.82) is 0 Å². The number of hydrogen-bond donors (Lipinski definition) is 2. The predicted octanol–water partition coefficient (Wildman–Crippen LogP) is 1.94. The summed E-state index contributed by atoms with van der Waals surface area (Å²) >= 11 is 0. The minimum Gasteiger partial charge on any atom is -0.481 e.